The molecule has 1 N–H and O–H groups in total. The molecule has 1 heterocycles. The molecule has 0 aliphatic carbocycles. The van der Waals surface area contributed by atoms with Crippen molar-refractivity contribution in [1.82, 2.24) is 10.2 Å². The minimum absolute atomic E-state index is 0.354. The van der Waals surface area contributed by atoms with Crippen molar-refractivity contribution < 1.29 is 4.74 Å². The molecule has 0 aromatic carbocycles. The zero-order chi connectivity index (χ0) is 13.4. The molecule has 0 bridgehead atoms. The van der Waals surface area contributed by atoms with Crippen LogP contribution in [0.25, 0.3) is 0 Å². The highest BCUT2D eigenvalue weighted by Crippen LogP contribution is 2.24. The highest BCUT2D eigenvalue weighted by molar-refractivity contribution is 4.96. The van der Waals surface area contributed by atoms with E-state index in [0.717, 1.165) is 19.2 Å². The third-order valence-electron chi connectivity index (χ3n) is 4.60. The lowest BCUT2D eigenvalue weighted by molar-refractivity contribution is 0.0669. The standard InChI is InChI=1S/C15H32N2O/c1-5-14-12-16-15(6-2,7-3)13-17(14)10-8-9-11-18-4/h14,16H,5-13H2,1-4H3. The highest BCUT2D eigenvalue weighted by Gasteiger charge is 2.35. The first kappa shape index (κ1) is 15.9. The van der Waals surface area contributed by atoms with Crippen LogP contribution in [-0.4, -0.2) is 49.8 Å². The summed E-state index contributed by atoms with van der Waals surface area (Å²) in [4.78, 5) is 2.71. The van der Waals surface area contributed by atoms with Crippen LogP contribution in [0.4, 0.5) is 0 Å². The van der Waals surface area contributed by atoms with E-state index in [9.17, 15) is 0 Å². The van der Waals surface area contributed by atoms with Crippen LogP contribution < -0.4 is 5.32 Å². The second-order valence-electron chi connectivity index (χ2n) is 5.60. The normalized spacial score (nSPS) is 24.3. The van der Waals surface area contributed by atoms with E-state index < -0.39 is 0 Å². The molecule has 1 rings (SSSR count). The van der Waals surface area contributed by atoms with Gasteiger partial charge in [-0.25, -0.2) is 0 Å². The van der Waals surface area contributed by atoms with Crippen LogP contribution in [0.2, 0.25) is 0 Å². The molecule has 1 aliphatic heterocycles. The van der Waals surface area contributed by atoms with Crippen molar-refractivity contribution in [2.45, 2.75) is 64.5 Å². The maximum atomic E-state index is 5.14. The van der Waals surface area contributed by atoms with Gasteiger partial charge in [0.25, 0.3) is 0 Å². The summed E-state index contributed by atoms with van der Waals surface area (Å²) in [6.45, 7) is 11.4. The number of hydrogen-bond donors (Lipinski definition) is 1. The van der Waals surface area contributed by atoms with Crippen molar-refractivity contribution in [2.75, 3.05) is 33.4 Å². The Balaban J connectivity index is 2.48. The van der Waals surface area contributed by atoms with Crippen molar-refractivity contribution in [3.8, 4) is 0 Å². The Labute approximate surface area is 113 Å². The summed E-state index contributed by atoms with van der Waals surface area (Å²) < 4.78 is 5.14. The average molecular weight is 256 g/mol. The van der Waals surface area contributed by atoms with E-state index in [1.165, 1.54) is 45.2 Å². The Morgan fingerprint density at radius 2 is 1.94 bits per heavy atom. The average Bonchev–Trinajstić information content (AvgIpc) is 2.43. The van der Waals surface area contributed by atoms with Crippen molar-refractivity contribution in [1.29, 1.82) is 0 Å². The molecule has 18 heavy (non-hydrogen) atoms. The summed E-state index contributed by atoms with van der Waals surface area (Å²) in [5, 5.41) is 3.80. The van der Waals surface area contributed by atoms with Crippen molar-refractivity contribution >= 4 is 0 Å². The smallest absolute Gasteiger partial charge is 0.0462 e. The molecule has 0 spiro atoms. The van der Waals surface area contributed by atoms with Crippen molar-refractivity contribution in [2.24, 2.45) is 0 Å². The molecule has 1 fully saturated rings. The van der Waals surface area contributed by atoms with E-state index >= 15 is 0 Å². The largest absolute Gasteiger partial charge is 0.385 e. The van der Waals surface area contributed by atoms with E-state index in [2.05, 4.69) is 31.0 Å². The first-order valence-electron chi connectivity index (χ1n) is 7.69. The van der Waals surface area contributed by atoms with Gasteiger partial charge in [-0.1, -0.05) is 20.8 Å². The number of methoxy groups -OCH3 is 1. The molecule has 1 saturated heterocycles. The lowest BCUT2D eigenvalue weighted by atomic mass is 9.88. The lowest BCUT2D eigenvalue weighted by Crippen LogP contribution is -2.63. The Hall–Kier alpha value is -0.120. The Bertz CT molecular complexity index is 217. The fourth-order valence-corrected chi connectivity index (χ4v) is 2.99. The molecule has 0 saturated carbocycles. The second kappa shape index (κ2) is 8.13. The topological polar surface area (TPSA) is 24.5 Å². The van der Waals surface area contributed by atoms with Gasteiger partial charge in [-0.15, -0.1) is 0 Å². The van der Waals surface area contributed by atoms with Gasteiger partial charge >= 0.3 is 0 Å². The third kappa shape index (κ3) is 4.22. The molecule has 1 unspecified atom stereocenters. The van der Waals surface area contributed by atoms with E-state index in [1.54, 1.807) is 7.11 Å². The number of piperazine rings is 1. The summed E-state index contributed by atoms with van der Waals surface area (Å²) in [7, 11) is 1.79. The summed E-state index contributed by atoms with van der Waals surface area (Å²) in [5.74, 6) is 0. The summed E-state index contributed by atoms with van der Waals surface area (Å²) in [5.41, 5.74) is 0.354. The molecule has 0 amide bonds. The van der Waals surface area contributed by atoms with Crippen LogP contribution >= 0.6 is 0 Å². The summed E-state index contributed by atoms with van der Waals surface area (Å²) in [6.07, 6.45) is 6.15. The fourth-order valence-electron chi connectivity index (χ4n) is 2.99. The van der Waals surface area contributed by atoms with Gasteiger partial charge < -0.3 is 10.1 Å². The molecule has 1 aliphatic rings. The van der Waals surface area contributed by atoms with Gasteiger partial charge in [-0.05, 0) is 38.6 Å². The number of unbranched alkanes of at least 4 members (excludes halogenated alkanes) is 1. The second-order valence-corrected chi connectivity index (χ2v) is 5.60. The number of nitrogens with one attached hydrogen (secondary N) is 1. The quantitative estimate of drug-likeness (QED) is 0.676. The first-order valence-corrected chi connectivity index (χ1v) is 7.69. The maximum Gasteiger partial charge on any atom is 0.0462 e. The van der Waals surface area contributed by atoms with Gasteiger partial charge in [-0.2, -0.15) is 0 Å². The minimum Gasteiger partial charge on any atom is -0.385 e. The number of rotatable bonds is 8. The summed E-state index contributed by atoms with van der Waals surface area (Å²) >= 11 is 0. The van der Waals surface area contributed by atoms with Gasteiger partial charge in [0, 0.05) is 38.4 Å². The molecule has 3 heteroatoms. The zero-order valence-corrected chi connectivity index (χ0v) is 12.8. The van der Waals surface area contributed by atoms with Gasteiger partial charge in [-0.3, -0.25) is 4.90 Å². The van der Waals surface area contributed by atoms with E-state index in [-0.39, 0.29) is 0 Å². The van der Waals surface area contributed by atoms with Gasteiger partial charge in [0.15, 0.2) is 0 Å². The van der Waals surface area contributed by atoms with Crippen LogP contribution in [0.5, 0.6) is 0 Å². The maximum absolute atomic E-state index is 5.14. The van der Waals surface area contributed by atoms with Gasteiger partial charge in [0.2, 0.25) is 0 Å². The lowest BCUT2D eigenvalue weighted by Gasteiger charge is -2.47. The van der Waals surface area contributed by atoms with Crippen molar-refractivity contribution in [3.63, 3.8) is 0 Å². The molecule has 3 nitrogen and oxygen atoms in total. The molecule has 1 atom stereocenters. The van der Waals surface area contributed by atoms with Gasteiger partial charge in [0.05, 0.1) is 0 Å². The van der Waals surface area contributed by atoms with Crippen LogP contribution in [0.1, 0.15) is 52.9 Å². The van der Waals surface area contributed by atoms with E-state index in [0.29, 0.717) is 5.54 Å². The predicted molar refractivity (Wildman–Crippen MR) is 78.1 cm³/mol. The summed E-state index contributed by atoms with van der Waals surface area (Å²) in [6, 6.07) is 0.721. The Morgan fingerprint density at radius 1 is 1.22 bits per heavy atom. The molecule has 0 aromatic heterocycles. The minimum atomic E-state index is 0.354. The van der Waals surface area contributed by atoms with Crippen LogP contribution in [-0.2, 0) is 4.74 Å². The SMILES string of the molecule is CCC1CNC(CC)(CC)CN1CCCCOC. The molecule has 0 radical (unpaired) electrons. The van der Waals surface area contributed by atoms with E-state index in [4.69, 9.17) is 4.74 Å². The van der Waals surface area contributed by atoms with Crippen LogP contribution in [0.3, 0.4) is 0 Å². The van der Waals surface area contributed by atoms with E-state index in [1.807, 2.05) is 0 Å². The zero-order valence-electron chi connectivity index (χ0n) is 12.8. The van der Waals surface area contributed by atoms with Crippen LogP contribution in [0.15, 0.2) is 0 Å². The van der Waals surface area contributed by atoms with Crippen LogP contribution in [0, 0.1) is 0 Å². The number of hydrogen-bond acceptors (Lipinski definition) is 3. The molecule has 0 aromatic rings. The highest BCUT2D eigenvalue weighted by atomic mass is 16.5. The Kier molecular flexibility index (Phi) is 7.20. The molecule has 108 valence electrons. The van der Waals surface area contributed by atoms with Gasteiger partial charge in [0.1, 0.15) is 0 Å². The molecular formula is C15H32N2O. The predicted octanol–water partition coefficient (Wildman–Crippen LogP) is 2.66. The Morgan fingerprint density at radius 3 is 2.50 bits per heavy atom. The fraction of sp³-hybridized carbons (Fsp3) is 1.00. The van der Waals surface area contributed by atoms with Crippen molar-refractivity contribution in [3.05, 3.63) is 0 Å². The number of ether oxygens (including phenoxy) is 1. The first-order chi connectivity index (χ1) is 8.71. The third-order valence-corrected chi connectivity index (χ3v) is 4.60. The molecular weight excluding hydrogens is 224 g/mol. The monoisotopic (exact) mass is 256 g/mol. The number of nitrogens with zero attached hydrogens (tertiary/aromatic N) is 1.